The third-order valence-corrected chi connectivity index (χ3v) is 7.79. The molecule has 0 saturated heterocycles. The highest BCUT2D eigenvalue weighted by atomic mass is 32.1. The Labute approximate surface area is 280 Å². The summed E-state index contributed by atoms with van der Waals surface area (Å²) in [5.41, 5.74) is 8.45. The normalized spacial score (nSPS) is 11.0. The second kappa shape index (κ2) is 12.6. The SMILES string of the molecule is Cc1ccc(-c2nc3[nH]c(=S)[nH]c(=O)c3nc2-c2ccc(C)cc2)cc1.O=c1[nH]c(=S)[nH]c2nc(-c3ccoc3)c(-c3ccoc3)nc12. The first-order chi connectivity index (χ1) is 23.2. The first kappa shape index (κ1) is 30.5. The van der Waals surface area contributed by atoms with E-state index in [-0.39, 0.29) is 26.1 Å². The summed E-state index contributed by atoms with van der Waals surface area (Å²) in [7, 11) is 0. The Kier molecular flexibility index (Phi) is 8.00. The molecule has 0 aliphatic rings. The van der Waals surface area contributed by atoms with Crippen LogP contribution in [-0.4, -0.2) is 39.9 Å². The standard InChI is InChI=1S/C20H16N4OS.C14H8N4O3S/c1-11-3-7-13(8-4-11)15-16(14-9-5-12(2)6-10-14)22-18-17(21-15)19(25)24-20(26)23-18;19-13-11-12(17-14(22)18-13)16-10(8-2-4-21-6-8)9(15-11)7-1-3-20-5-7/h3-10H,1-2H3,(H2,22,23,24,25,26);1-6H,(H2,16,17,18,19,22). The van der Waals surface area contributed by atoms with Gasteiger partial charge in [-0.2, -0.15) is 0 Å². The van der Waals surface area contributed by atoms with Crippen LogP contribution in [0.15, 0.2) is 104 Å². The lowest BCUT2D eigenvalue weighted by Gasteiger charge is -2.10. The van der Waals surface area contributed by atoms with E-state index >= 15 is 0 Å². The maximum absolute atomic E-state index is 12.3. The first-order valence-electron chi connectivity index (χ1n) is 14.5. The molecule has 6 heterocycles. The van der Waals surface area contributed by atoms with Crippen molar-refractivity contribution >= 4 is 46.8 Å². The number of H-pyrrole nitrogens is 4. The Morgan fingerprint density at radius 3 is 1.27 bits per heavy atom. The minimum atomic E-state index is -0.394. The summed E-state index contributed by atoms with van der Waals surface area (Å²) >= 11 is 10.0. The predicted octanol–water partition coefficient (Wildman–Crippen LogP) is 7.22. The van der Waals surface area contributed by atoms with Crippen molar-refractivity contribution in [2.24, 2.45) is 0 Å². The first-order valence-corrected chi connectivity index (χ1v) is 15.3. The molecule has 0 bridgehead atoms. The number of nitrogens with one attached hydrogen (secondary N) is 4. The number of aromatic nitrogens is 8. The summed E-state index contributed by atoms with van der Waals surface area (Å²) < 4.78 is 10.6. The maximum Gasteiger partial charge on any atom is 0.279 e. The maximum atomic E-state index is 12.3. The van der Waals surface area contributed by atoms with E-state index in [4.69, 9.17) is 38.3 Å². The van der Waals surface area contributed by atoms with E-state index in [9.17, 15) is 9.59 Å². The zero-order chi connectivity index (χ0) is 33.4. The zero-order valence-corrected chi connectivity index (χ0v) is 27.0. The number of aromatic amines is 4. The van der Waals surface area contributed by atoms with Crippen LogP contribution in [0.5, 0.6) is 0 Å². The highest BCUT2D eigenvalue weighted by Gasteiger charge is 2.17. The Morgan fingerprint density at radius 1 is 0.500 bits per heavy atom. The molecule has 0 unspecified atom stereocenters. The molecule has 8 rings (SSSR count). The van der Waals surface area contributed by atoms with E-state index in [2.05, 4.69) is 34.9 Å². The van der Waals surface area contributed by atoms with Crippen LogP contribution in [0.1, 0.15) is 11.1 Å². The van der Waals surface area contributed by atoms with Crippen LogP contribution >= 0.6 is 24.4 Å². The van der Waals surface area contributed by atoms with Crippen LogP contribution < -0.4 is 11.1 Å². The van der Waals surface area contributed by atoms with Crippen molar-refractivity contribution in [1.29, 1.82) is 0 Å². The van der Waals surface area contributed by atoms with Gasteiger partial charge in [-0.25, -0.2) is 19.9 Å². The fourth-order valence-corrected chi connectivity index (χ4v) is 5.37. The zero-order valence-electron chi connectivity index (χ0n) is 25.3. The number of hydrogen-bond donors (Lipinski definition) is 4. The van der Waals surface area contributed by atoms with Gasteiger partial charge in [0.1, 0.15) is 11.4 Å². The number of fused-ring (bicyclic) bond motifs is 2. The molecular formula is C34H24N8O4S2. The van der Waals surface area contributed by atoms with Gasteiger partial charge in [0.2, 0.25) is 0 Å². The molecule has 6 aromatic heterocycles. The number of benzene rings is 2. The van der Waals surface area contributed by atoms with Crippen LogP contribution in [-0.2, 0) is 0 Å². The fourth-order valence-electron chi connectivity index (χ4n) is 4.99. The van der Waals surface area contributed by atoms with Crippen molar-refractivity contribution in [3.05, 3.63) is 127 Å². The van der Waals surface area contributed by atoms with E-state index in [1.165, 1.54) is 6.26 Å². The van der Waals surface area contributed by atoms with Gasteiger partial charge in [0.15, 0.2) is 31.9 Å². The Balaban J connectivity index is 0.000000154. The summed E-state index contributed by atoms with van der Waals surface area (Å²) in [5.74, 6) is 0. The lowest BCUT2D eigenvalue weighted by molar-refractivity contribution is 0.567. The molecule has 0 atom stereocenters. The predicted molar refractivity (Wildman–Crippen MR) is 186 cm³/mol. The molecule has 0 radical (unpaired) electrons. The van der Waals surface area contributed by atoms with Crippen LogP contribution in [0.25, 0.3) is 67.4 Å². The van der Waals surface area contributed by atoms with Gasteiger partial charge in [0.05, 0.1) is 36.4 Å². The van der Waals surface area contributed by atoms with Gasteiger partial charge in [-0.05, 0) is 50.4 Å². The monoisotopic (exact) mass is 672 g/mol. The van der Waals surface area contributed by atoms with E-state index in [1.807, 2.05) is 62.4 Å². The van der Waals surface area contributed by atoms with E-state index < -0.39 is 5.56 Å². The smallest absolute Gasteiger partial charge is 0.279 e. The molecule has 236 valence electrons. The van der Waals surface area contributed by atoms with Crippen molar-refractivity contribution in [2.45, 2.75) is 13.8 Å². The van der Waals surface area contributed by atoms with Crippen molar-refractivity contribution in [3.63, 3.8) is 0 Å². The summed E-state index contributed by atoms with van der Waals surface area (Å²) in [6, 6.07) is 19.6. The van der Waals surface area contributed by atoms with E-state index in [1.54, 1.807) is 30.9 Å². The molecule has 8 aromatic rings. The molecule has 12 nitrogen and oxygen atoms in total. The van der Waals surface area contributed by atoms with Gasteiger partial charge in [-0.15, -0.1) is 0 Å². The summed E-state index contributed by atoms with van der Waals surface area (Å²) in [6.45, 7) is 4.06. The third kappa shape index (κ3) is 6.04. The average Bonchev–Trinajstić information content (AvgIpc) is 3.81. The van der Waals surface area contributed by atoms with E-state index in [0.29, 0.717) is 39.6 Å². The van der Waals surface area contributed by atoms with Crippen LogP contribution in [0, 0.1) is 23.4 Å². The Hall–Kier alpha value is -6.12. The van der Waals surface area contributed by atoms with Gasteiger partial charge in [-0.1, -0.05) is 59.7 Å². The summed E-state index contributed by atoms with van der Waals surface area (Å²) in [6.07, 6.45) is 6.17. The molecule has 2 aromatic carbocycles. The molecule has 14 heteroatoms. The highest BCUT2D eigenvalue weighted by Crippen LogP contribution is 2.31. The Morgan fingerprint density at radius 2 is 0.875 bits per heavy atom. The molecule has 0 aliphatic carbocycles. The molecule has 0 amide bonds. The largest absolute Gasteiger partial charge is 0.472 e. The van der Waals surface area contributed by atoms with Crippen molar-refractivity contribution in [2.75, 3.05) is 0 Å². The lowest BCUT2D eigenvalue weighted by Crippen LogP contribution is -2.12. The fraction of sp³-hybridized carbons (Fsp3) is 0.0588. The van der Waals surface area contributed by atoms with E-state index in [0.717, 1.165) is 27.8 Å². The van der Waals surface area contributed by atoms with Crippen molar-refractivity contribution in [1.82, 2.24) is 39.9 Å². The quantitative estimate of drug-likeness (QED) is 0.140. The number of aryl methyl sites for hydroxylation is 2. The minimum Gasteiger partial charge on any atom is -0.472 e. The molecular weight excluding hydrogens is 649 g/mol. The third-order valence-electron chi connectivity index (χ3n) is 7.38. The van der Waals surface area contributed by atoms with Gasteiger partial charge < -0.3 is 18.8 Å². The second-order valence-electron chi connectivity index (χ2n) is 10.8. The molecule has 0 spiro atoms. The molecule has 0 saturated carbocycles. The van der Waals surface area contributed by atoms with Gasteiger partial charge in [-0.3, -0.25) is 19.6 Å². The molecule has 0 aliphatic heterocycles. The second-order valence-corrected chi connectivity index (χ2v) is 11.6. The number of furan rings is 2. The number of rotatable bonds is 4. The topological polar surface area (TPSA) is 175 Å². The summed E-state index contributed by atoms with van der Waals surface area (Å²) in [5, 5.41) is 0. The number of hydrogen-bond acceptors (Lipinski definition) is 10. The van der Waals surface area contributed by atoms with Crippen LogP contribution in [0.3, 0.4) is 0 Å². The Bertz CT molecular complexity index is 2660. The average molecular weight is 673 g/mol. The highest BCUT2D eigenvalue weighted by molar-refractivity contribution is 7.71. The van der Waals surface area contributed by atoms with Gasteiger partial charge >= 0.3 is 0 Å². The van der Waals surface area contributed by atoms with Gasteiger partial charge in [0.25, 0.3) is 11.1 Å². The lowest BCUT2D eigenvalue weighted by atomic mass is 10.0. The minimum absolute atomic E-state index is 0.178. The van der Waals surface area contributed by atoms with Crippen LogP contribution in [0.4, 0.5) is 0 Å². The summed E-state index contributed by atoms with van der Waals surface area (Å²) in [4.78, 5) is 53.4. The van der Waals surface area contributed by atoms with Crippen molar-refractivity contribution < 1.29 is 8.83 Å². The van der Waals surface area contributed by atoms with Gasteiger partial charge in [0, 0.05) is 22.3 Å². The van der Waals surface area contributed by atoms with Crippen molar-refractivity contribution in [3.8, 4) is 45.0 Å². The molecule has 4 N–H and O–H groups in total. The number of nitrogens with zero attached hydrogens (tertiary/aromatic N) is 4. The van der Waals surface area contributed by atoms with Crippen LogP contribution in [0.2, 0.25) is 0 Å². The molecule has 48 heavy (non-hydrogen) atoms. The molecule has 0 fully saturated rings.